The third-order valence-corrected chi connectivity index (χ3v) is 5.28. The normalized spacial score (nSPS) is 14.8. The highest BCUT2D eigenvalue weighted by atomic mass is 16.4. The van der Waals surface area contributed by atoms with Crippen molar-refractivity contribution in [2.75, 3.05) is 0 Å². The van der Waals surface area contributed by atoms with Crippen molar-refractivity contribution >= 4 is 16.8 Å². The zero-order valence-corrected chi connectivity index (χ0v) is 15.5. The fraction of sp³-hybridized carbons (Fsp3) is 0.174. The quantitative estimate of drug-likeness (QED) is 0.570. The first-order valence-corrected chi connectivity index (χ1v) is 9.34. The topological polar surface area (TPSA) is 68.0 Å². The molecule has 5 nitrogen and oxygen atoms in total. The average Bonchev–Trinajstić information content (AvgIpc) is 3.38. The molecule has 1 N–H and O–H groups in total. The lowest BCUT2D eigenvalue weighted by Crippen LogP contribution is -2.35. The van der Waals surface area contributed by atoms with Gasteiger partial charge in [-0.25, -0.2) is 4.98 Å². The molecule has 5 heteroatoms. The summed E-state index contributed by atoms with van der Waals surface area (Å²) < 4.78 is 5.73. The highest BCUT2D eigenvalue weighted by Gasteiger charge is 2.47. The van der Waals surface area contributed by atoms with Crippen LogP contribution in [0.25, 0.3) is 22.2 Å². The van der Waals surface area contributed by atoms with Crippen molar-refractivity contribution in [2.24, 2.45) is 0 Å². The number of carbonyl (C=O) groups excluding carboxylic acids is 1. The zero-order valence-electron chi connectivity index (χ0n) is 15.5. The van der Waals surface area contributed by atoms with Gasteiger partial charge >= 0.3 is 0 Å². The molecule has 1 fully saturated rings. The molecule has 0 radical (unpaired) electrons. The number of aromatic nitrogens is 2. The monoisotopic (exact) mass is 369 g/mol. The number of pyridine rings is 1. The standard InChI is InChI=1S/C23H19N3O2/c1-15-25-14-21(28-15)17-12-19(18-8-5-11-24-20(18)13-17)23(9-10-23)26-22(27)16-6-3-2-4-7-16/h2-8,11-14H,9-10H2,1H3,(H,26,27). The minimum Gasteiger partial charge on any atom is -0.441 e. The van der Waals surface area contributed by atoms with Crippen molar-refractivity contribution in [3.63, 3.8) is 0 Å². The Morgan fingerprint density at radius 2 is 1.89 bits per heavy atom. The van der Waals surface area contributed by atoms with Crippen LogP contribution in [0.3, 0.4) is 0 Å². The molecule has 1 saturated carbocycles. The van der Waals surface area contributed by atoms with Crippen LogP contribution in [-0.4, -0.2) is 15.9 Å². The summed E-state index contributed by atoms with van der Waals surface area (Å²) in [4.78, 5) is 21.6. The number of hydrogen-bond donors (Lipinski definition) is 1. The summed E-state index contributed by atoms with van der Waals surface area (Å²) in [5.74, 6) is 1.27. The van der Waals surface area contributed by atoms with Gasteiger partial charge in [0.1, 0.15) is 0 Å². The Labute approximate surface area is 162 Å². The second-order valence-electron chi connectivity index (χ2n) is 7.24. The van der Waals surface area contributed by atoms with Crippen LogP contribution in [-0.2, 0) is 5.54 Å². The molecule has 1 aliphatic rings. The number of hydrogen-bond acceptors (Lipinski definition) is 4. The fourth-order valence-electron chi connectivity index (χ4n) is 3.68. The molecule has 2 aromatic carbocycles. The maximum absolute atomic E-state index is 12.8. The predicted molar refractivity (Wildman–Crippen MR) is 107 cm³/mol. The molecule has 138 valence electrons. The average molecular weight is 369 g/mol. The van der Waals surface area contributed by atoms with Gasteiger partial charge in [0.15, 0.2) is 11.7 Å². The van der Waals surface area contributed by atoms with E-state index in [2.05, 4.69) is 27.4 Å². The van der Waals surface area contributed by atoms with E-state index < -0.39 is 0 Å². The Morgan fingerprint density at radius 1 is 1.07 bits per heavy atom. The van der Waals surface area contributed by atoms with Crippen LogP contribution >= 0.6 is 0 Å². The third-order valence-electron chi connectivity index (χ3n) is 5.28. The SMILES string of the molecule is Cc1ncc(-c2cc(C3(NC(=O)c4ccccc4)CC3)c3cccnc3c2)o1. The summed E-state index contributed by atoms with van der Waals surface area (Å²) in [6.07, 6.45) is 5.30. The van der Waals surface area contributed by atoms with Gasteiger partial charge in [-0.1, -0.05) is 24.3 Å². The van der Waals surface area contributed by atoms with E-state index in [9.17, 15) is 4.79 Å². The summed E-state index contributed by atoms with van der Waals surface area (Å²) in [5.41, 5.74) is 3.16. The Balaban J connectivity index is 1.60. The Morgan fingerprint density at radius 3 is 2.61 bits per heavy atom. The van der Waals surface area contributed by atoms with Crippen LogP contribution in [0.4, 0.5) is 0 Å². The molecule has 0 spiro atoms. The Bertz CT molecular complexity index is 1180. The van der Waals surface area contributed by atoms with Crippen molar-refractivity contribution in [3.8, 4) is 11.3 Å². The molecule has 4 aromatic rings. The van der Waals surface area contributed by atoms with Gasteiger partial charge in [0, 0.05) is 29.6 Å². The molecule has 5 rings (SSSR count). The highest BCUT2D eigenvalue weighted by molar-refractivity contribution is 5.96. The first-order valence-electron chi connectivity index (χ1n) is 9.34. The molecule has 1 aliphatic carbocycles. The number of oxazole rings is 1. The van der Waals surface area contributed by atoms with Gasteiger partial charge in [-0.05, 0) is 48.7 Å². The van der Waals surface area contributed by atoms with Gasteiger partial charge < -0.3 is 9.73 Å². The number of nitrogens with zero attached hydrogens (tertiary/aromatic N) is 2. The molecule has 28 heavy (non-hydrogen) atoms. The summed E-state index contributed by atoms with van der Waals surface area (Å²) in [5, 5.41) is 4.31. The van der Waals surface area contributed by atoms with Crippen LogP contribution in [0.5, 0.6) is 0 Å². The number of rotatable bonds is 4. The highest BCUT2D eigenvalue weighted by Crippen LogP contribution is 2.49. The van der Waals surface area contributed by atoms with Crippen LogP contribution < -0.4 is 5.32 Å². The molecular weight excluding hydrogens is 350 g/mol. The van der Waals surface area contributed by atoms with Crippen LogP contribution in [0.2, 0.25) is 0 Å². The summed E-state index contributed by atoms with van der Waals surface area (Å²) in [7, 11) is 0. The Kier molecular flexibility index (Phi) is 3.76. The number of benzene rings is 2. The van der Waals surface area contributed by atoms with Crippen molar-refractivity contribution in [1.29, 1.82) is 0 Å². The number of nitrogens with one attached hydrogen (secondary N) is 1. The minimum atomic E-state index is -0.376. The van der Waals surface area contributed by atoms with Crippen LogP contribution in [0.15, 0.2) is 71.4 Å². The van der Waals surface area contributed by atoms with E-state index in [1.54, 1.807) is 12.4 Å². The smallest absolute Gasteiger partial charge is 0.251 e. The van der Waals surface area contributed by atoms with E-state index in [1.807, 2.05) is 49.4 Å². The van der Waals surface area contributed by atoms with Gasteiger partial charge in [-0.3, -0.25) is 9.78 Å². The van der Waals surface area contributed by atoms with Gasteiger partial charge in [-0.2, -0.15) is 0 Å². The number of fused-ring (bicyclic) bond motifs is 1. The molecule has 0 aliphatic heterocycles. The molecule has 0 saturated heterocycles. The first kappa shape index (κ1) is 16.7. The maximum atomic E-state index is 12.8. The minimum absolute atomic E-state index is 0.0592. The number of amides is 1. The number of carbonyl (C=O) groups is 1. The molecule has 2 heterocycles. The first-order chi connectivity index (χ1) is 13.6. The van der Waals surface area contributed by atoms with Crippen molar-refractivity contribution in [1.82, 2.24) is 15.3 Å². The van der Waals surface area contributed by atoms with Crippen LogP contribution in [0, 0.1) is 6.92 Å². The van der Waals surface area contributed by atoms with E-state index in [0.29, 0.717) is 17.2 Å². The molecule has 0 bridgehead atoms. The van der Waals surface area contributed by atoms with Gasteiger partial charge in [-0.15, -0.1) is 0 Å². The second-order valence-corrected chi connectivity index (χ2v) is 7.24. The second kappa shape index (κ2) is 6.30. The van der Waals surface area contributed by atoms with E-state index in [1.165, 1.54) is 0 Å². The van der Waals surface area contributed by atoms with E-state index in [0.717, 1.165) is 34.9 Å². The predicted octanol–water partition coefficient (Wildman–Crippen LogP) is 4.62. The van der Waals surface area contributed by atoms with Crippen LogP contribution in [0.1, 0.15) is 34.7 Å². The molecular formula is C23H19N3O2. The van der Waals surface area contributed by atoms with E-state index in [4.69, 9.17) is 4.42 Å². The summed E-state index contributed by atoms with van der Waals surface area (Å²) >= 11 is 0. The molecule has 0 atom stereocenters. The van der Waals surface area contributed by atoms with Gasteiger partial charge in [0.05, 0.1) is 17.3 Å². The van der Waals surface area contributed by atoms with E-state index in [-0.39, 0.29) is 11.4 Å². The maximum Gasteiger partial charge on any atom is 0.251 e. The fourth-order valence-corrected chi connectivity index (χ4v) is 3.68. The number of aryl methyl sites for hydroxylation is 1. The van der Waals surface area contributed by atoms with Crippen molar-refractivity contribution in [2.45, 2.75) is 25.3 Å². The lowest BCUT2D eigenvalue weighted by molar-refractivity contribution is 0.0931. The molecule has 1 amide bonds. The lowest BCUT2D eigenvalue weighted by Gasteiger charge is -2.21. The zero-order chi connectivity index (χ0) is 19.1. The third kappa shape index (κ3) is 2.85. The largest absolute Gasteiger partial charge is 0.441 e. The molecule has 0 unspecified atom stereocenters. The summed E-state index contributed by atoms with van der Waals surface area (Å²) in [6, 6.07) is 17.4. The Hall–Kier alpha value is -3.47. The van der Waals surface area contributed by atoms with Gasteiger partial charge in [0.25, 0.3) is 5.91 Å². The lowest BCUT2D eigenvalue weighted by atomic mass is 9.95. The summed E-state index contributed by atoms with van der Waals surface area (Å²) in [6.45, 7) is 1.83. The molecule has 2 aromatic heterocycles. The van der Waals surface area contributed by atoms with Crippen molar-refractivity contribution < 1.29 is 9.21 Å². The van der Waals surface area contributed by atoms with Crippen molar-refractivity contribution in [3.05, 3.63) is 84.0 Å². The van der Waals surface area contributed by atoms with E-state index >= 15 is 0 Å². The van der Waals surface area contributed by atoms with Gasteiger partial charge in [0.2, 0.25) is 0 Å².